The van der Waals surface area contributed by atoms with Gasteiger partial charge in [-0.3, -0.25) is 4.79 Å². The van der Waals surface area contributed by atoms with Crippen molar-refractivity contribution in [1.82, 2.24) is 10.2 Å². The number of carbonyl (C=O) groups is 2. The van der Waals surface area contributed by atoms with Crippen LogP contribution in [0, 0.1) is 0 Å². The van der Waals surface area contributed by atoms with Gasteiger partial charge >= 0.3 is 6.09 Å². The molecule has 1 spiro atoms. The average molecular weight is 296 g/mol. The number of nitrogens with zero attached hydrogens (tertiary/aromatic N) is 1. The van der Waals surface area contributed by atoms with Gasteiger partial charge in [-0.2, -0.15) is 0 Å². The van der Waals surface area contributed by atoms with Crippen molar-refractivity contribution in [3.8, 4) is 0 Å². The molecule has 0 aromatic heterocycles. The van der Waals surface area contributed by atoms with Crippen LogP contribution < -0.4 is 5.32 Å². The quantitative estimate of drug-likeness (QED) is 0.734. The van der Waals surface area contributed by atoms with Gasteiger partial charge in [-0.15, -0.1) is 0 Å². The highest BCUT2D eigenvalue weighted by atomic mass is 16.6. The molecule has 2 bridgehead atoms. The lowest BCUT2D eigenvalue weighted by atomic mass is 9.84. The predicted octanol–water partition coefficient (Wildman–Crippen LogP) is 1.43. The molecule has 3 saturated heterocycles. The van der Waals surface area contributed by atoms with Crippen LogP contribution in [0.25, 0.3) is 0 Å². The van der Waals surface area contributed by atoms with Crippen molar-refractivity contribution >= 4 is 12.0 Å². The number of piperidine rings is 1. The third-order valence-electron chi connectivity index (χ3n) is 4.53. The van der Waals surface area contributed by atoms with E-state index in [1.165, 1.54) is 0 Å². The molecule has 3 heterocycles. The first-order chi connectivity index (χ1) is 9.81. The Hall–Kier alpha value is -1.30. The second kappa shape index (κ2) is 4.87. The fourth-order valence-corrected chi connectivity index (χ4v) is 3.76. The van der Waals surface area contributed by atoms with Crippen LogP contribution in [-0.4, -0.2) is 53.3 Å². The molecule has 1 N–H and O–H groups in total. The number of amides is 2. The number of fused-ring (bicyclic) bond motifs is 2. The third kappa shape index (κ3) is 2.61. The Morgan fingerprint density at radius 2 is 1.95 bits per heavy atom. The van der Waals surface area contributed by atoms with Gasteiger partial charge in [0.15, 0.2) is 5.60 Å². The van der Waals surface area contributed by atoms with Gasteiger partial charge in [-0.05, 0) is 33.6 Å². The van der Waals surface area contributed by atoms with Gasteiger partial charge in [0.05, 0.1) is 6.61 Å². The number of ether oxygens (including phenoxy) is 2. The Balaban J connectivity index is 1.75. The monoisotopic (exact) mass is 296 g/mol. The minimum Gasteiger partial charge on any atom is -0.444 e. The molecule has 3 fully saturated rings. The molecule has 3 aliphatic heterocycles. The highest BCUT2D eigenvalue weighted by molar-refractivity contribution is 5.86. The maximum Gasteiger partial charge on any atom is 0.410 e. The number of morpholine rings is 1. The van der Waals surface area contributed by atoms with Crippen molar-refractivity contribution in [2.24, 2.45) is 0 Å². The van der Waals surface area contributed by atoms with E-state index in [0.717, 1.165) is 12.8 Å². The van der Waals surface area contributed by atoms with E-state index in [4.69, 9.17) is 9.47 Å². The first-order valence-corrected chi connectivity index (χ1v) is 7.74. The summed E-state index contributed by atoms with van der Waals surface area (Å²) < 4.78 is 11.3. The number of hydrogen-bond donors (Lipinski definition) is 1. The van der Waals surface area contributed by atoms with Crippen LogP contribution in [0.3, 0.4) is 0 Å². The molecule has 0 unspecified atom stereocenters. The minimum atomic E-state index is -0.734. The lowest BCUT2D eigenvalue weighted by molar-refractivity contribution is -0.166. The fourth-order valence-electron chi connectivity index (χ4n) is 3.76. The predicted molar refractivity (Wildman–Crippen MR) is 75.8 cm³/mol. The van der Waals surface area contributed by atoms with Crippen LogP contribution in [-0.2, 0) is 14.3 Å². The van der Waals surface area contributed by atoms with Gasteiger partial charge in [0.1, 0.15) is 5.60 Å². The molecule has 6 heteroatoms. The number of hydrogen-bond acceptors (Lipinski definition) is 4. The van der Waals surface area contributed by atoms with Crippen molar-refractivity contribution in [3.63, 3.8) is 0 Å². The summed E-state index contributed by atoms with van der Waals surface area (Å²) in [5.41, 5.74) is -1.23. The van der Waals surface area contributed by atoms with Crippen LogP contribution in [0.4, 0.5) is 4.79 Å². The van der Waals surface area contributed by atoms with E-state index in [9.17, 15) is 9.59 Å². The van der Waals surface area contributed by atoms with Crippen LogP contribution in [0.15, 0.2) is 0 Å². The highest BCUT2D eigenvalue weighted by Crippen LogP contribution is 2.44. The summed E-state index contributed by atoms with van der Waals surface area (Å²) in [6.07, 6.45) is 2.73. The molecule has 118 valence electrons. The van der Waals surface area contributed by atoms with E-state index in [2.05, 4.69) is 5.32 Å². The molecular weight excluding hydrogens is 272 g/mol. The van der Waals surface area contributed by atoms with Gasteiger partial charge in [-0.25, -0.2) is 4.79 Å². The molecule has 0 radical (unpaired) electrons. The maximum atomic E-state index is 12.4. The summed E-state index contributed by atoms with van der Waals surface area (Å²) in [4.78, 5) is 26.4. The van der Waals surface area contributed by atoms with Crippen LogP contribution in [0.2, 0.25) is 0 Å². The molecule has 6 nitrogen and oxygen atoms in total. The van der Waals surface area contributed by atoms with Crippen molar-refractivity contribution in [3.05, 3.63) is 0 Å². The Morgan fingerprint density at radius 1 is 1.33 bits per heavy atom. The second-order valence-electron chi connectivity index (χ2n) is 7.28. The highest BCUT2D eigenvalue weighted by Gasteiger charge is 2.55. The van der Waals surface area contributed by atoms with E-state index in [-0.39, 0.29) is 24.1 Å². The molecule has 0 aliphatic carbocycles. The number of carbonyl (C=O) groups excluding carboxylic acids is 2. The minimum absolute atomic E-state index is 0.0190. The molecule has 3 atom stereocenters. The average Bonchev–Trinajstić information content (AvgIpc) is 2.64. The smallest absolute Gasteiger partial charge is 0.410 e. The summed E-state index contributed by atoms with van der Waals surface area (Å²) in [5, 5.41) is 2.90. The lowest BCUT2D eigenvalue weighted by Crippen LogP contribution is -2.63. The second-order valence-corrected chi connectivity index (χ2v) is 7.28. The molecule has 0 saturated carbocycles. The van der Waals surface area contributed by atoms with Gasteiger partial charge in [-0.1, -0.05) is 0 Å². The summed E-state index contributed by atoms with van der Waals surface area (Å²) in [6, 6.07) is 0.0879. The van der Waals surface area contributed by atoms with Crippen molar-refractivity contribution in [1.29, 1.82) is 0 Å². The summed E-state index contributed by atoms with van der Waals surface area (Å²) in [5.74, 6) is -0.0190. The maximum absolute atomic E-state index is 12.4. The summed E-state index contributed by atoms with van der Waals surface area (Å²) >= 11 is 0. The topological polar surface area (TPSA) is 67.9 Å². The molecule has 3 rings (SSSR count). The molecule has 21 heavy (non-hydrogen) atoms. The number of nitrogens with one attached hydrogen (secondary N) is 1. The Kier molecular flexibility index (Phi) is 3.39. The normalized spacial score (nSPS) is 35.8. The van der Waals surface area contributed by atoms with Crippen molar-refractivity contribution in [2.45, 2.75) is 69.7 Å². The lowest BCUT2D eigenvalue weighted by Gasteiger charge is -2.46. The van der Waals surface area contributed by atoms with Crippen molar-refractivity contribution < 1.29 is 19.1 Å². The Morgan fingerprint density at radius 3 is 2.48 bits per heavy atom. The molecule has 0 aromatic rings. The summed E-state index contributed by atoms with van der Waals surface area (Å²) in [7, 11) is 0. The zero-order valence-corrected chi connectivity index (χ0v) is 13.0. The Bertz CT molecular complexity index is 443. The van der Waals surface area contributed by atoms with Crippen LogP contribution >= 0.6 is 0 Å². The summed E-state index contributed by atoms with van der Waals surface area (Å²) in [6.45, 7) is 6.74. The van der Waals surface area contributed by atoms with E-state index in [0.29, 0.717) is 26.0 Å². The van der Waals surface area contributed by atoms with Gasteiger partial charge in [0.25, 0.3) is 5.91 Å². The van der Waals surface area contributed by atoms with Crippen molar-refractivity contribution in [2.75, 3.05) is 13.2 Å². The Labute approximate surface area is 125 Å². The van der Waals surface area contributed by atoms with Gasteiger partial charge < -0.3 is 19.7 Å². The molecule has 0 aromatic carbocycles. The fraction of sp³-hybridized carbons (Fsp3) is 0.867. The van der Waals surface area contributed by atoms with E-state index in [1.807, 2.05) is 25.7 Å². The van der Waals surface area contributed by atoms with Gasteiger partial charge in [0.2, 0.25) is 0 Å². The first-order valence-electron chi connectivity index (χ1n) is 7.74. The van der Waals surface area contributed by atoms with Crippen LogP contribution in [0.5, 0.6) is 0 Å². The van der Waals surface area contributed by atoms with Crippen LogP contribution in [0.1, 0.15) is 46.5 Å². The molecule has 2 amide bonds. The van der Waals surface area contributed by atoms with Gasteiger partial charge in [0, 0.05) is 31.5 Å². The molecule has 3 aliphatic rings. The third-order valence-corrected chi connectivity index (χ3v) is 4.53. The zero-order valence-electron chi connectivity index (χ0n) is 13.0. The largest absolute Gasteiger partial charge is 0.444 e. The van der Waals surface area contributed by atoms with E-state index in [1.54, 1.807) is 0 Å². The molecular formula is C15H24N2O4. The first kappa shape index (κ1) is 14.6. The van der Waals surface area contributed by atoms with E-state index < -0.39 is 11.2 Å². The SMILES string of the molecule is CC(C)(C)OC(=O)N1[C@@H]2CC[C@H]1C[C@@]1(C2)OCCNC1=O. The number of rotatable bonds is 0. The standard InChI is InChI=1S/C15H24N2O4/c1-14(2,3)21-13(19)17-10-4-5-11(17)9-15(8-10)12(18)16-6-7-20-15/h10-11H,4-9H2,1-3H3,(H,16,18)/t10-,11+,15-. The van der Waals surface area contributed by atoms with E-state index >= 15 is 0 Å². The zero-order chi connectivity index (χ0) is 15.3.